The standard InChI is InChI=1S/C11H20N2O3/c1-3-13(9-5-6-9)11(16)12-8(2)4-7-10(14)15/h8-9H,3-7H2,1-2H3,(H,12,16)(H,14,15). The van der Waals surface area contributed by atoms with Gasteiger partial charge in [-0.2, -0.15) is 0 Å². The number of nitrogens with zero attached hydrogens (tertiary/aromatic N) is 1. The zero-order chi connectivity index (χ0) is 12.1. The Bertz CT molecular complexity index is 264. The fourth-order valence-corrected chi connectivity index (χ4v) is 1.66. The summed E-state index contributed by atoms with van der Waals surface area (Å²) in [6, 6.07) is 0.246. The summed E-state index contributed by atoms with van der Waals surface area (Å²) in [5.74, 6) is -0.823. The van der Waals surface area contributed by atoms with Crippen LogP contribution >= 0.6 is 0 Å². The molecule has 2 N–H and O–H groups in total. The Balaban J connectivity index is 2.28. The lowest BCUT2D eigenvalue weighted by atomic mass is 10.2. The van der Waals surface area contributed by atoms with Gasteiger partial charge in [0.15, 0.2) is 0 Å². The van der Waals surface area contributed by atoms with Gasteiger partial charge in [-0.25, -0.2) is 4.79 Å². The SMILES string of the molecule is CCN(C(=O)NC(C)CCC(=O)O)C1CC1. The molecule has 0 aromatic heterocycles. The van der Waals surface area contributed by atoms with Crippen LogP contribution in [0.5, 0.6) is 0 Å². The number of carboxylic acid groups (broad SMARTS) is 1. The average molecular weight is 228 g/mol. The van der Waals surface area contributed by atoms with Crippen LogP contribution in [0.15, 0.2) is 0 Å². The molecule has 1 unspecified atom stereocenters. The van der Waals surface area contributed by atoms with Crippen LogP contribution in [0.25, 0.3) is 0 Å². The summed E-state index contributed by atoms with van der Waals surface area (Å²) in [5, 5.41) is 11.4. The van der Waals surface area contributed by atoms with E-state index < -0.39 is 5.97 Å². The Hall–Kier alpha value is -1.26. The number of rotatable bonds is 6. The van der Waals surface area contributed by atoms with E-state index >= 15 is 0 Å². The van der Waals surface area contributed by atoms with E-state index in [-0.39, 0.29) is 18.5 Å². The van der Waals surface area contributed by atoms with E-state index in [0.29, 0.717) is 19.0 Å². The maximum Gasteiger partial charge on any atom is 0.317 e. The number of amides is 2. The molecule has 0 saturated heterocycles. The van der Waals surface area contributed by atoms with E-state index in [9.17, 15) is 9.59 Å². The Morgan fingerprint density at radius 3 is 2.56 bits per heavy atom. The maximum atomic E-state index is 11.8. The smallest absolute Gasteiger partial charge is 0.317 e. The van der Waals surface area contributed by atoms with E-state index in [1.807, 2.05) is 18.7 Å². The van der Waals surface area contributed by atoms with Crippen molar-refractivity contribution >= 4 is 12.0 Å². The molecule has 1 atom stereocenters. The minimum atomic E-state index is -0.823. The minimum absolute atomic E-state index is 0.0668. The summed E-state index contributed by atoms with van der Waals surface area (Å²) in [6.45, 7) is 4.50. The molecule has 0 aromatic carbocycles. The molecule has 2 amide bonds. The van der Waals surface area contributed by atoms with Gasteiger partial charge in [0, 0.05) is 25.0 Å². The maximum absolute atomic E-state index is 11.8. The van der Waals surface area contributed by atoms with Crippen LogP contribution in [-0.4, -0.2) is 40.6 Å². The lowest BCUT2D eigenvalue weighted by molar-refractivity contribution is -0.137. The Morgan fingerprint density at radius 2 is 2.12 bits per heavy atom. The van der Waals surface area contributed by atoms with E-state index in [0.717, 1.165) is 12.8 Å². The lowest BCUT2D eigenvalue weighted by Gasteiger charge is -2.23. The van der Waals surface area contributed by atoms with Crippen molar-refractivity contribution in [1.82, 2.24) is 10.2 Å². The van der Waals surface area contributed by atoms with Crippen LogP contribution in [0.1, 0.15) is 39.5 Å². The topological polar surface area (TPSA) is 69.6 Å². The third-order valence-electron chi connectivity index (χ3n) is 2.75. The quantitative estimate of drug-likeness (QED) is 0.722. The first-order valence-corrected chi connectivity index (χ1v) is 5.83. The first-order chi connectivity index (χ1) is 7.54. The predicted molar refractivity (Wildman–Crippen MR) is 60.3 cm³/mol. The van der Waals surface area contributed by atoms with Crippen LogP contribution in [-0.2, 0) is 4.79 Å². The highest BCUT2D eigenvalue weighted by Crippen LogP contribution is 2.26. The van der Waals surface area contributed by atoms with Crippen molar-refractivity contribution in [2.45, 2.75) is 51.6 Å². The number of hydrogen-bond acceptors (Lipinski definition) is 2. The number of carboxylic acids is 1. The van der Waals surface area contributed by atoms with Gasteiger partial charge in [0.1, 0.15) is 0 Å². The highest BCUT2D eigenvalue weighted by Gasteiger charge is 2.31. The van der Waals surface area contributed by atoms with Crippen molar-refractivity contribution in [1.29, 1.82) is 0 Å². The molecule has 1 saturated carbocycles. The summed E-state index contributed by atoms with van der Waals surface area (Å²) >= 11 is 0. The lowest BCUT2D eigenvalue weighted by Crippen LogP contribution is -2.45. The zero-order valence-electron chi connectivity index (χ0n) is 9.90. The highest BCUT2D eigenvalue weighted by molar-refractivity contribution is 5.75. The highest BCUT2D eigenvalue weighted by atomic mass is 16.4. The molecule has 5 nitrogen and oxygen atoms in total. The van der Waals surface area contributed by atoms with Crippen molar-refractivity contribution in [3.8, 4) is 0 Å². The number of carbonyl (C=O) groups is 2. The molecule has 0 bridgehead atoms. The minimum Gasteiger partial charge on any atom is -0.481 e. The molecule has 1 aliphatic rings. The Kier molecular flexibility index (Phi) is 4.58. The molecular formula is C11H20N2O3. The normalized spacial score (nSPS) is 16.6. The van der Waals surface area contributed by atoms with E-state index in [1.165, 1.54) is 0 Å². The summed E-state index contributed by atoms with van der Waals surface area (Å²) in [5.41, 5.74) is 0. The van der Waals surface area contributed by atoms with Gasteiger partial charge in [0.25, 0.3) is 0 Å². The Morgan fingerprint density at radius 1 is 1.50 bits per heavy atom. The molecular weight excluding hydrogens is 208 g/mol. The number of aliphatic carboxylic acids is 1. The number of nitrogens with one attached hydrogen (secondary N) is 1. The van der Waals surface area contributed by atoms with Gasteiger partial charge in [-0.05, 0) is 33.1 Å². The second-order valence-electron chi connectivity index (χ2n) is 4.30. The van der Waals surface area contributed by atoms with Gasteiger partial charge in [-0.1, -0.05) is 0 Å². The third-order valence-corrected chi connectivity index (χ3v) is 2.75. The van der Waals surface area contributed by atoms with Crippen LogP contribution < -0.4 is 5.32 Å². The monoisotopic (exact) mass is 228 g/mol. The molecule has 0 aliphatic heterocycles. The molecule has 1 fully saturated rings. The summed E-state index contributed by atoms with van der Waals surface area (Å²) < 4.78 is 0. The van der Waals surface area contributed by atoms with Gasteiger partial charge >= 0.3 is 12.0 Å². The van der Waals surface area contributed by atoms with E-state index in [2.05, 4.69) is 5.32 Å². The number of carbonyl (C=O) groups excluding carboxylic acids is 1. The molecule has 0 spiro atoms. The molecule has 1 aliphatic carbocycles. The predicted octanol–water partition coefficient (Wildman–Crippen LogP) is 1.43. The van der Waals surface area contributed by atoms with Gasteiger partial charge in [0.05, 0.1) is 0 Å². The van der Waals surface area contributed by atoms with Crippen LogP contribution in [0.3, 0.4) is 0 Å². The first kappa shape index (κ1) is 12.8. The largest absolute Gasteiger partial charge is 0.481 e. The summed E-state index contributed by atoms with van der Waals surface area (Å²) in [7, 11) is 0. The number of hydrogen-bond donors (Lipinski definition) is 2. The fourth-order valence-electron chi connectivity index (χ4n) is 1.66. The average Bonchev–Trinajstić information content (AvgIpc) is 3.00. The first-order valence-electron chi connectivity index (χ1n) is 5.83. The molecule has 0 radical (unpaired) electrons. The summed E-state index contributed by atoms with van der Waals surface area (Å²) in [6.07, 6.45) is 2.75. The molecule has 0 aromatic rings. The number of urea groups is 1. The third kappa shape index (κ3) is 4.08. The van der Waals surface area contributed by atoms with Gasteiger partial charge < -0.3 is 15.3 Å². The fraction of sp³-hybridized carbons (Fsp3) is 0.818. The van der Waals surface area contributed by atoms with Gasteiger partial charge in [-0.3, -0.25) is 4.79 Å². The van der Waals surface area contributed by atoms with Crippen molar-refractivity contribution in [2.24, 2.45) is 0 Å². The second-order valence-corrected chi connectivity index (χ2v) is 4.30. The van der Waals surface area contributed by atoms with Crippen LogP contribution in [0.2, 0.25) is 0 Å². The molecule has 16 heavy (non-hydrogen) atoms. The molecule has 5 heteroatoms. The van der Waals surface area contributed by atoms with Crippen LogP contribution in [0.4, 0.5) is 4.79 Å². The van der Waals surface area contributed by atoms with Gasteiger partial charge in [-0.15, -0.1) is 0 Å². The molecule has 1 rings (SSSR count). The van der Waals surface area contributed by atoms with Crippen molar-refractivity contribution < 1.29 is 14.7 Å². The molecule has 0 heterocycles. The van der Waals surface area contributed by atoms with Crippen molar-refractivity contribution in [2.75, 3.05) is 6.54 Å². The van der Waals surface area contributed by atoms with E-state index in [1.54, 1.807) is 0 Å². The van der Waals surface area contributed by atoms with Crippen molar-refractivity contribution in [3.63, 3.8) is 0 Å². The van der Waals surface area contributed by atoms with Gasteiger partial charge in [0.2, 0.25) is 0 Å². The summed E-state index contributed by atoms with van der Waals surface area (Å²) in [4.78, 5) is 24.0. The van der Waals surface area contributed by atoms with Crippen LogP contribution in [0, 0.1) is 0 Å². The second kappa shape index (κ2) is 5.72. The zero-order valence-corrected chi connectivity index (χ0v) is 9.90. The van der Waals surface area contributed by atoms with E-state index in [4.69, 9.17) is 5.11 Å². The Labute approximate surface area is 95.8 Å². The molecule has 92 valence electrons. The van der Waals surface area contributed by atoms with Crippen molar-refractivity contribution in [3.05, 3.63) is 0 Å².